The first-order chi connectivity index (χ1) is 21.5. The number of hydrogen-bond acceptors (Lipinski definition) is 8. The smallest absolute Gasteiger partial charge is 0.266 e. The number of hydrogen-bond donors (Lipinski definition) is 3. The van der Waals surface area contributed by atoms with Gasteiger partial charge in [-0.3, -0.25) is 10.2 Å². The molecule has 230 valence electrons. The number of carbonyl (C=O) groups excluding carboxylic acids is 1. The van der Waals surface area contributed by atoms with Crippen LogP contribution in [0.4, 0.5) is 5.69 Å². The van der Waals surface area contributed by atoms with E-state index >= 15 is 0 Å². The van der Waals surface area contributed by atoms with E-state index in [-0.39, 0.29) is 24.8 Å². The zero-order chi connectivity index (χ0) is 31.2. The summed E-state index contributed by atoms with van der Waals surface area (Å²) in [6, 6.07) is 24.1. The molecule has 0 aliphatic carbocycles. The maximum absolute atomic E-state index is 14.2. The summed E-state index contributed by atoms with van der Waals surface area (Å²) < 4.78 is 12.2. The molecule has 0 fully saturated rings. The lowest BCUT2D eigenvalue weighted by atomic mass is 9.83. The number of rotatable bonds is 16. The molecule has 44 heavy (non-hydrogen) atoms. The number of azide groups is 1. The predicted octanol–water partition coefficient (Wildman–Crippen LogP) is 5.32. The van der Waals surface area contributed by atoms with Gasteiger partial charge in [0.1, 0.15) is 5.75 Å². The van der Waals surface area contributed by atoms with Crippen molar-refractivity contribution in [2.24, 2.45) is 10.1 Å². The lowest BCUT2D eigenvalue weighted by Crippen LogP contribution is -2.52. The number of ether oxygens (including phenoxy) is 2. The molecule has 2 atom stereocenters. The van der Waals surface area contributed by atoms with Crippen LogP contribution in [0.5, 0.6) is 5.75 Å². The quantitative estimate of drug-likeness (QED) is 0.0670. The Hall–Kier alpha value is -4.67. The molecule has 3 aromatic rings. The van der Waals surface area contributed by atoms with Crippen LogP contribution < -0.4 is 15.6 Å². The van der Waals surface area contributed by atoms with E-state index in [0.717, 1.165) is 18.5 Å². The predicted molar refractivity (Wildman–Crippen MR) is 171 cm³/mol. The minimum Gasteiger partial charge on any atom is -0.494 e. The van der Waals surface area contributed by atoms with Gasteiger partial charge in [-0.05, 0) is 62.4 Å². The van der Waals surface area contributed by atoms with Crippen LogP contribution in [-0.4, -0.2) is 67.7 Å². The Labute approximate surface area is 257 Å². The summed E-state index contributed by atoms with van der Waals surface area (Å²) in [6.45, 7) is 1.87. The van der Waals surface area contributed by atoms with E-state index < -0.39 is 11.6 Å². The molecule has 3 N–H and O–H groups in total. The first-order valence-electron chi connectivity index (χ1n) is 14.6. The number of hydrazine groups is 1. The van der Waals surface area contributed by atoms with Gasteiger partial charge in [0.15, 0.2) is 11.6 Å². The summed E-state index contributed by atoms with van der Waals surface area (Å²) in [5.41, 5.74) is 16.3. The first kappa shape index (κ1) is 32.2. The van der Waals surface area contributed by atoms with Crippen molar-refractivity contribution >= 4 is 23.6 Å². The highest BCUT2D eigenvalue weighted by Gasteiger charge is 2.53. The van der Waals surface area contributed by atoms with Crippen LogP contribution in [0.3, 0.4) is 0 Å². The van der Waals surface area contributed by atoms with Crippen molar-refractivity contribution in [3.05, 3.63) is 112 Å². The Bertz CT molecular complexity index is 1470. The Balaban J connectivity index is 1.73. The largest absolute Gasteiger partial charge is 0.494 e. The average Bonchev–Trinajstić information content (AvgIpc) is 3.42. The van der Waals surface area contributed by atoms with Crippen molar-refractivity contribution in [2.45, 2.75) is 30.9 Å². The van der Waals surface area contributed by atoms with E-state index in [0.29, 0.717) is 42.1 Å². The molecular formula is C33H39N7O4. The number of carbonyl (C=O) groups is 1. The second-order valence-corrected chi connectivity index (χ2v) is 10.6. The number of aliphatic hydroxyl groups excluding tert-OH is 1. The Morgan fingerprint density at radius 3 is 2.59 bits per heavy atom. The summed E-state index contributed by atoms with van der Waals surface area (Å²) in [7, 11) is 4.00. The van der Waals surface area contributed by atoms with Crippen LogP contribution in [-0.2, 0) is 9.53 Å². The minimum atomic E-state index is -1.44. The van der Waals surface area contributed by atoms with Crippen LogP contribution in [0, 0.1) is 0 Å². The van der Waals surface area contributed by atoms with Crippen molar-refractivity contribution in [1.82, 2.24) is 15.8 Å². The molecule has 1 aliphatic heterocycles. The molecule has 0 radical (unpaired) electrons. The van der Waals surface area contributed by atoms with Crippen LogP contribution in [0.2, 0.25) is 0 Å². The summed E-state index contributed by atoms with van der Waals surface area (Å²) in [5.74, 6) is 0.547. The number of nitrogens with one attached hydrogen (secondary N) is 2. The maximum atomic E-state index is 14.2. The number of amides is 1. The van der Waals surface area contributed by atoms with E-state index in [1.807, 2.05) is 74.8 Å². The van der Waals surface area contributed by atoms with Crippen LogP contribution in [0.15, 0.2) is 95.0 Å². The van der Waals surface area contributed by atoms with Gasteiger partial charge in [-0.25, -0.2) is 10.4 Å². The molecule has 0 saturated heterocycles. The van der Waals surface area contributed by atoms with Gasteiger partial charge in [-0.1, -0.05) is 71.9 Å². The van der Waals surface area contributed by atoms with E-state index in [1.54, 1.807) is 30.3 Å². The van der Waals surface area contributed by atoms with E-state index in [1.165, 1.54) is 0 Å². The standard InChI is InChI=1S/C33H39N7O4/c1-40(2)22-9-21-35-38-32(42)33(20-8-13-25-11-4-3-5-12-25)30(28-14-6-7-15-29(28)37-39-34)44-31(36-33)26-16-18-27(19-17-26)43-24-10-23-41/h3-8,11-19,30,35,41H,9-10,20-24H2,1-2H3,(H,38,42)/b13-8+/t30-,33-/m0/s1. The molecule has 0 unspecified atom stereocenters. The fourth-order valence-electron chi connectivity index (χ4n) is 4.81. The summed E-state index contributed by atoms with van der Waals surface area (Å²) in [5, 5.41) is 12.9. The van der Waals surface area contributed by atoms with E-state index in [2.05, 4.69) is 25.8 Å². The molecule has 4 rings (SSSR count). The Morgan fingerprint density at radius 2 is 1.86 bits per heavy atom. The molecule has 0 aromatic heterocycles. The van der Waals surface area contributed by atoms with E-state index in [4.69, 9.17) is 19.6 Å². The van der Waals surface area contributed by atoms with Gasteiger partial charge in [0.25, 0.3) is 5.91 Å². The van der Waals surface area contributed by atoms with Gasteiger partial charge >= 0.3 is 0 Å². The summed E-state index contributed by atoms with van der Waals surface area (Å²) >= 11 is 0. The van der Waals surface area contributed by atoms with E-state index in [9.17, 15) is 10.3 Å². The highest BCUT2D eigenvalue weighted by molar-refractivity contribution is 6.01. The van der Waals surface area contributed by atoms with Gasteiger partial charge in [-0.2, -0.15) is 0 Å². The molecule has 0 spiro atoms. The lowest BCUT2D eigenvalue weighted by Gasteiger charge is -2.30. The molecule has 0 bridgehead atoms. The number of aliphatic hydroxyl groups is 1. The number of aliphatic imine (C=N–C) groups is 1. The third-order valence-electron chi connectivity index (χ3n) is 7.05. The monoisotopic (exact) mass is 597 g/mol. The van der Waals surface area contributed by atoms with Crippen molar-refractivity contribution in [3.8, 4) is 5.75 Å². The third kappa shape index (κ3) is 8.46. The second kappa shape index (κ2) is 16.3. The Morgan fingerprint density at radius 1 is 1.11 bits per heavy atom. The second-order valence-electron chi connectivity index (χ2n) is 10.6. The molecular weight excluding hydrogens is 558 g/mol. The molecule has 1 aliphatic rings. The van der Waals surface area contributed by atoms with Crippen molar-refractivity contribution in [3.63, 3.8) is 0 Å². The van der Waals surface area contributed by atoms with Crippen molar-refractivity contribution < 1.29 is 19.4 Å². The zero-order valence-corrected chi connectivity index (χ0v) is 25.1. The van der Waals surface area contributed by atoms with Crippen LogP contribution in [0.1, 0.15) is 42.1 Å². The van der Waals surface area contributed by atoms with Gasteiger partial charge < -0.3 is 19.5 Å². The number of nitrogens with zero attached hydrogens (tertiary/aromatic N) is 5. The first-order valence-corrected chi connectivity index (χ1v) is 14.6. The lowest BCUT2D eigenvalue weighted by molar-refractivity contribution is -0.129. The fraction of sp³-hybridized carbons (Fsp3) is 0.333. The summed E-state index contributed by atoms with van der Waals surface area (Å²) in [6.07, 6.45) is 4.52. The normalized spacial score (nSPS) is 17.6. The Kier molecular flexibility index (Phi) is 11.9. The molecule has 1 amide bonds. The van der Waals surface area contributed by atoms with Gasteiger partial charge in [0.2, 0.25) is 5.90 Å². The van der Waals surface area contributed by atoms with Gasteiger partial charge in [-0.15, -0.1) is 0 Å². The number of benzene rings is 3. The SMILES string of the molecule is CN(C)CCCNNC(=O)[C@@]1(C/C=C/c2ccccc2)N=C(c2ccc(OCCCO)cc2)O[C@H]1c1ccccc1N=[N+]=[N-]. The minimum absolute atomic E-state index is 0.0504. The third-order valence-corrected chi connectivity index (χ3v) is 7.05. The van der Waals surface area contributed by atoms with Gasteiger partial charge in [0.05, 0.1) is 6.61 Å². The fourth-order valence-corrected chi connectivity index (χ4v) is 4.81. The van der Waals surface area contributed by atoms with Crippen LogP contribution >= 0.6 is 0 Å². The van der Waals surface area contributed by atoms with Gasteiger partial charge in [0, 0.05) is 47.7 Å². The molecule has 1 heterocycles. The molecule has 0 saturated carbocycles. The maximum Gasteiger partial charge on any atom is 0.266 e. The average molecular weight is 598 g/mol. The summed E-state index contributed by atoms with van der Waals surface area (Å²) in [4.78, 5) is 24.3. The molecule has 3 aromatic carbocycles. The van der Waals surface area contributed by atoms with Crippen LogP contribution in [0.25, 0.3) is 16.5 Å². The topological polar surface area (TPSA) is 144 Å². The zero-order valence-electron chi connectivity index (χ0n) is 25.1. The highest BCUT2D eigenvalue weighted by atomic mass is 16.5. The highest BCUT2D eigenvalue weighted by Crippen LogP contribution is 2.45. The van der Waals surface area contributed by atoms with Crippen molar-refractivity contribution in [1.29, 1.82) is 0 Å². The van der Waals surface area contributed by atoms with Crippen molar-refractivity contribution in [2.75, 3.05) is 40.4 Å². The molecule has 11 heteroatoms. The molecule has 11 nitrogen and oxygen atoms in total.